The van der Waals surface area contributed by atoms with Crippen molar-refractivity contribution in [2.24, 2.45) is 0 Å². The summed E-state index contributed by atoms with van der Waals surface area (Å²) in [5.74, 6) is 1.27. The molecule has 6 heteroatoms. The molecule has 0 aliphatic heterocycles. The fourth-order valence-corrected chi connectivity index (χ4v) is 2.26. The Balaban J connectivity index is 1.89. The van der Waals surface area contributed by atoms with Crippen molar-refractivity contribution in [2.75, 3.05) is 7.11 Å². The number of benzene rings is 2. The van der Waals surface area contributed by atoms with E-state index in [-0.39, 0.29) is 13.2 Å². The molecule has 1 N–H and O–H groups in total. The van der Waals surface area contributed by atoms with Crippen LogP contribution in [0.5, 0.6) is 11.5 Å². The zero-order valence-corrected chi connectivity index (χ0v) is 12.7. The molecule has 1 aromatic heterocycles. The van der Waals surface area contributed by atoms with Crippen LogP contribution >= 0.6 is 0 Å². The minimum absolute atomic E-state index is 0.197. The highest BCUT2D eigenvalue weighted by molar-refractivity contribution is 5.39. The maximum atomic E-state index is 9.48. The summed E-state index contributed by atoms with van der Waals surface area (Å²) in [4.78, 5) is 0. The van der Waals surface area contributed by atoms with Gasteiger partial charge in [0.05, 0.1) is 19.4 Å². The van der Waals surface area contributed by atoms with Gasteiger partial charge in [-0.2, -0.15) is 0 Å². The van der Waals surface area contributed by atoms with E-state index in [0.717, 1.165) is 5.69 Å². The first-order valence-corrected chi connectivity index (χ1v) is 7.19. The lowest BCUT2D eigenvalue weighted by Crippen LogP contribution is -2.08. The summed E-state index contributed by atoms with van der Waals surface area (Å²) < 4.78 is 12.8. The van der Waals surface area contributed by atoms with Gasteiger partial charge in [-0.05, 0) is 24.3 Å². The number of aliphatic hydroxyl groups is 1. The summed E-state index contributed by atoms with van der Waals surface area (Å²) in [6.07, 6.45) is 0. The molecule has 0 unspecified atom stereocenters. The van der Waals surface area contributed by atoms with Gasteiger partial charge in [-0.25, -0.2) is 4.68 Å². The summed E-state index contributed by atoms with van der Waals surface area (Å²) in [7, 11) is 1.59. The highest BCUT2D eigenvalue weighted by Gasteiger charge is 2.15. The van der Waals surface area contributed by atoms with Gasteiger partial charge in [0.1, 0.15) is 18.0 Å². The summed E-state index contributed by atoms with van der Waals surface area (Å²) in [5.41, 5.74) is 2.05. The minimum Gasteiger partial charge on any atom is -0.493 e. The molecular weight excluding hydrogens is 294 g/mol. The number of nitrogens with zero attached hydrogens (tertiary/aromatic N) is 3. The number of para-hydroxylation sites is 3. The van der Waals surface area contributed by atoms with E-state index in [1.807, 2.05) is 54.6 Å². The standard InChI is InChI=1S/C17H17N3O3/c1-22-16-9-5-6-10-17(16)23-12-15-14(11-21)18-19-20(15)13-7-3-2-4-8-13/h2-10,21H,11-12H2,1H3. The molecular formula is C17H17N3O3. The summed E-state index contributed by atoms with van der Waals surface area (Å²) >= 11 is 0. The quantitative estimate of drug-likeness (QED) is 0.757. The monoisotopic (exact) mass is 311 g/mol. The van der Waals surface area contributed by atoms with Crippen molar-refractivity contribution in [1.29, 1.82) is 0 Å². The highest BCUT2D eigenvalue weighted by Crippen LogP contribution is 2.27. The first kappa shape index (κ1) is 15.1. The van der Waals surface area contributed by atoms with Crippen LogP contribution in [0.3, 0.4) is 0 Å². The molecule has 0 saturated carbocycles. The first-order chi connectivity index (χ1) is 11.3. The van der Waals surface area contributed by atoms with Crippen LogP contribution in [0.15, 0.2) is 54.6 Å². The van der Waals surface area contributed by atoms with Crippen molar-refractivity contribution < 1.29 is 14.6 Å². The number of hydrogen-bond donors (Lipinski definition) is 1. The molecule has 0 bridgehead atoms. The molecule has 3 rings (SSSR count). The van der Waals surface area contributed by atoms with Gasteiger partial charge in [0.2, 0.25) is 0 Å². The highest BCUT2D eigenvalue weighted by atomic mass is 16.5. The third kappa shape index (κ3) is 3.17. The van der Waals surface area contributed by atoms with Crippen LogP contribution in [0.25, 0.3) is 5.69 Å². The molecule has 118 valence electrons. The SMILES string of the molecule is COc1ccccc1OCc1c(CO)nnn1-c1ccccc1. The molecule has 2 aromatic carbocycles. The lowest BCUT2D eigenvalue weighted by atomic mass is 10.3. The van der Waals surface area contributed by atoms with Crippen LogP contribution in [-0.2, 0) is 13.2 Å². The zero-order chi connectivity index (χ0) is 16.1. The predicted octanol–water partition coefficient (Wildman–Crippen LogP) is 2.35. The molecule has 0 aliphatic carbocycles. The lowest BCUT2D eigenvalue weighted by molar-refractivity contribution is 0.257. The van der Waals surface area contributed by atoms with E-state index >= 15 is 0 Å². The molecule has 0 spiro atoms. The predicted molar refractivity (Wildman–Crippen MR) is 84.6 cm³/mol. The second kappa shape index (κ2) is 6.93. The number of ether oxygens (including phenoxy) is 2. The number of rotatable bonds is 6. The summed E-state index contributed by atoms with van der Waals surface area (Å²) in [5, 5.41) is 17.6. The minimum atomic E-state index is -0.197. The van der Waals surface area contributed by atoms with E-state index < -0.39 is 0 Å². The maximum absolute atomic E-state index is 9.48. The summed E-state index contributed by atoms with van der Waals surface area (Å²) in [6, 6.07) is 17.0. The van der Waals surface area contributed by atoms with Crippen LogP contribution in [-0.4, -0.2) is 27.2 Å². The second-order valence-electron chi connectivity index (χ2n) is 4.83. The van der Waals surface area contributed by atoms with Crippen molar-refractivity contribution in [3.63, 3.8) is 0 Å². The third-order valence-corrected chi connectivity index (χ3v) is 3.43. The van der Waals surface area contributed by atoms with Crippen molar-refractivity contribution in [3.8, 4) is 17.2 Å². The molecule has 1 heterocycles. The van der Waals surface area contributed by atoms with Gasteiger partial charge in [0, 0.05) is 0 Å². The Bertz CT molecular complexity index is 772. The van der Waals surface area contributed by atoms with Crippen LogP contribution < -0.4 is 9.47 Å². The average molecular weight is 311 g/mol. The molecule has 3 aromatic rings. The molecule has 0 radical (unpaired) electrons. The Morgan fingerprint density at radius 1 is 1.00 bits per heavy atom. The van der Waals surface area contributed by atoms with Gasteiger partial charge in [0.15, 0.2) is 11.5 Å². The maximum Gasteiger partial charge on any atom is 0.161 e. The van der Waals surface area contributed by atoms with E-state index in [2.05, 4.69) is 10.3 Å². The van der Waals surface area contributed by atoms with Crippen molar-refractivity contribution >= 4 is 0 Å². The fourth-order valence-electron chi connectivity index (χ4n) is 2.26. The molecule has 0 amide bonds. The fraction of sp³-hybridized carbons (Fsp3) is 0.176. The number of methoxy groups -OCH3 is 1. The van der Waals surface area contributed by atoms with Gasteiger partial charge >= 0.3 is 0 Å². The first-order valence-electron chi connectivity index (χ1n) is 7.19. The normalized spacial score (nSPS) is 10.5. The van der Waals surface area contributed by atoms with Crippen LogP contribution in [0.1, 0.15) is 11.4 Å². The van der Waals surface area contributed by atoms with E-state index in [4.69, 9.17) is 9.47 Å². The molecule has 0 aliphatic rings. The Labute approximate surface area is 133 Å². The van der Waals surface area contributed by atoms with Gasteiger partial charge in [-0.1, -0.05) is 35.5 Å². The Kier molecular flexibility index (Phi) is 4.54. The lowest BCUT2D eigenvalue weighted by Gasteiger charge is -2.12. The largest absolute Gasteiger partial charge is 0.493 e. The van der Waals surface area contributed by atoms with Crippen molar-refractivity contribution in [1.82, 2.24) is 15.0 Å². The molecule has 23 heavy (non-hydrogen) atoms. The Morgan fingerprint density at radius 2 is 1.70 bits per heavy atom. The van der Waals surface area contributed by atoms with Crippen molar-refractivity contribution in [3.05, 3.63) is 66.0 Å². The van der Waals surface area contributed by atoms with Crippen LogP contribution in [0.4, 0.5) is 0 Å². The molecule has 0 atom stereocenters. The van der Waals surface area contributed by atoms with Gasteiger partial charge in [0.25, 0.3) is 0 Å². The summed E-state index contributed by atoms with van der Waals surface area (Å²) in [6.45, 7) is 0.0234. The van der Waals surface area contributed by atoms with E-state index in [9.17, 15) is 5.11 Å². The van der Waals surface area contributed by atoms with E-state index in [1.165, 1.54) is 0 Å². The van der Waals surface area contributed by atoms with E-state index in [0.29, 0.717) is 22.9 Å². The molecule has 6 nitrogen and oxygen atoms in total. The van der Waals surface area contributed by atoms with Gasteiger partial charge < -0.3 is 14.6 Å². The van der Waals surface area contributed by atoms with Crippen molar-refractivity contribution in [2.45, 2.75) is 13.2 Å². The van der Waals surface area contributed by atoms with Crippen LogP contribution in [0.2, 0.25) is 0 Å². The van der Waals surface area contributed by atoms with Gasteiger partial charge in [-0.15, -0.1) is 5.10 Å². The average Bonchev–Trinajstić information content (AvgIpc) is 3.03. The Morgan fingerprint density at radius 3 is 2.39 bits per heavy atom. The van der Waals surface area contributed by atoms with E-state index in [1.54, 1.807) is 11.8 Å². The number of hydrogen-bond acceptors (Lipinski definition) is 5. The zero-order valence-electron chi connectivity index (χ0n) is 12.7. The number of aromatic nitrogens is 3. The smallest absolute Gasteiger partial charge is 0.161 e. The van der Waals surface area contributed by atoms with Crippen LogP contribution in [0, 0.1) is 0 Å². The molecule has 0 saturated heterocycles. The number of aliphatic hydroxyl groups excluding tert-OH is 1. The topological polar surface area (TPSA) is 69.4 Å². The second-order valence-corrected chi connectivity index (χ2v) is 4.83. The van der Waals surface area contributed by atoms with Gasteiger partial charge in [-0.3, -0.25) is 0 Å². The Hall–Kier alpha value is -2.86. The third-order valence-electron chi connectivity index (χ3n) is 3.43. The molecule has 0 fully saturated rings.